The number of ether oxygens (including phenoxy) is 2. The molecule has 1 aromatic carbocycles. The van der Waals surface area contributed by atoms with Gasteiger partial charge in [0.05, 0.1) is 4.83 Å². The molecule has 5 heteroatoms. The minimum atomic E-state index is 0.193. The molecule has 0 bridgehead atoms. The van der Waals surface area contributed by atoms with Crippen molar-refractivity contribution in [3.8, 4) is 11.5 Å². The van der Waals surface area contributed by atoms with Gasteiger partial charge in [-0.2, -0.15) is 0 Å². The van der Waals surface area contributed by atoms with Gasteiger partial charge < -0.3 is 9.47 Å². The smallest absolute Gasteiger partial charge is 0.162 e. The summed E-state index contributed by atoms with van der Waals surface area (Å²) in [6.07, 6.45) is 3.78. The van der Waals surface area contributed by atoms with Gasteiger partial charge in [0, 0.05) is 14.2 Å². The zero-order valence-electron chi connectivity index (χ0n) is 11.3. The first-order chi connectivity index (χ1) is 10.2. The highest BCUT2D eigenvalue weighted by Gasteiger charge is 2.23. The Labute approximate surface area is 144 Å². The second kappa shape index (κ2) is 5.60. The molecule has 0 N–H and O–H groups in total. The van der Waals surface area contributed by atoms with Gasteiger partial charge in [0.2, 0.25) is 0 Å². The van der Waals surface area contributed by atoms with Gasteiger partial charge in [-0.1, -0.05) is 31.9 Å². The maximum absolute atomic E-state index is 5.70. The molecule has 1 aromatic heterocycles. The molecular weight excluding hydrogens is 416 g/mol. The Hall–Kier alpha value is -0.520. The zero-order valence-corrected chi connectivity index (χ0v) is 15.3. The number of hydrogen-bond acceptors (Lipinski definition) is 3. The molecule has 0 radical (unpaired) electrons. The van der Waals surface area contributed by atoms with E-state index in [4.69, 9.17) is 9.47 Å². The number of thiophene rings is 1. The fraction of sp³-hybridized carbons (Fsp3) is 0.375. The Balaban J connectivity index is 1.71. The Morgan fingerprint density at radius 3 is 2.57 bits per heavy atom. The number of halogens is 2. The summed E-state index contributed by atoms with van der Waals surface area (Å²) in [5.74, 6) is 1.67. The number of rotatable bonds is 2. The standard InChI is InChI=1S/C16H14Br2O2S/c17-11-8-13-12(19-4-5-20-13)7-10(11)16(18)15-6-9-2-1-3-14(9)21-15/h6-8,16H,1-5H2. The van der Waals surface area contributed by atoms with Gasteiger partial charge in [0.25, 0.3) is 0 Å². The summed E-state index contributed by atoms with van der Waals surface area (Å²) in [5.41, 5.74) is 2.73. The van der Waals surface area contributed by atoms with Crippen molar-refractivity contribution in [1.29, 1.82) is 0 Å². The Bertz CT molecular complexity index is 674. The van der Waals surface area contributed by atoms with Crippen LogP contribution in [0.1, 0.15) is 32.1 Å². The van der Waals surface area contributed by atoms with E-state index in [-0.39, 0.29) is 4.83 Å². The molecule has 1 aliphatic carbocycles. The van der Waals surface area contributed by atoms with Crippen molar-refractivity contribution < 1.29 is 9.47 Å². The van der Waals surface area contributed by atoms with E-state index in [1.54, 1.807) is 4.88 Å². The van der Waals surface area contributed by atoms with Crippen LogP contribution in [-0.4, -0.2) is 13.2 Å². The van der Waals surface area contributed by atoms with Gasteiger partial charge >= 0.3 is 0 Å². The predicted octanol–water partition coefficient (Wildman–Crippen LogP) is 5.25. The third-order valence-electron chi connectivity index (χ3n) is 3.95. The van der Waals surface area contributed by atoms with Crippen LogP contribution in [0.15, 0.2) is 22.7 Å². The minimum Gasteiger partial charge on any atom is -0.486 e. The normalized spacial score (nSPS) is 17.6. The molecule has 2 nitrogen and oxygen atoms in total. The molecule has 1 atom stereocenters. The number of aryl methyl sites for hydroxylation is 2. The average Bonchev–Trinajstić information content (AvgIpc) is 3.07. The minimum absolute atomic E-state index is 0.193. The molecule has 0 saturated carbocycles. The molecule has 1 aliphatic heterocycles. The Morgan fingerprint density at radius 2 is 1.81 bits per heavy atom. The highest BCUT2D eigenvalue weighted by atomic mass is 79.9. The van der Waals surface area contributed by atoms with Crippen molar-refractivity contribution in [2.45, 2.75) is 24.1 Å². The highest BCUT2D eigenvalue weighted by molar-refractivity contribution is 9.11. The van der Waals surface area contributed by atoms with E-state index in [0.29, 0.717) is 13.2 Å². The van der Waals surface area contributed by atoms with Crippen LogP contribution >= 0.6 is 43.2 Å². The Kier molecular flexibility index (Phi) is 3.76. The summed E-state index contributed by atoms with van der Waals surface area (Å²) < 4.78 is 12.4. The summed E-state index contributed by atoms with van der Waals surface area (Å²) >= 11 is 9.46. The van der Waals surface area contributed by atoms with E-state index in [1.807, 2.05) is 17.4 Å². The molecule has 2 aromatic rings. The quantitative estimate of drug-likeness (QED) is 0.606. The van der Waals surface area contributed by atoms with Crippen LogP contribution in [0.2, 0.25) is 0 Å². The van der Waals surface area contributed by atoms with Crippen molar-refractivity contribution in [3.63, 3.8) is 0 Å². The lowest BCUT2D eigenvalue weighted by Gasteiger charge is -2.21. The van der Waals surface area contributed by atoms with Crippen LogP contribution in [0.3, 0.4) is 0 Å². The van der Waals surface area contributed by atoms with Crippen molar-refractivity contribution in [2.24, 2.45) is 0 Å². The largest absolute Gasteiger partial charge is 0.486 e. The van der Waals surface area contributed by atoms with Crippen LogP contribution < -0.4 is 9.47 Å². The van der Waals surface area contributed by atoms with Gasteiger partial charge in [-0.25, -0.2) is 0 Å². The van der Waals surface area contributed by atoms with E-state index in [1.165, 1.54) is 35.3 Å². The topological polar surface area (TPSA) is 18.5 Å². The van der Waals surface area contributed by atoms with E-state index < -0.39 is 0 Å². The Morgan fingerprint density at radius 1 is 1.05 bits per heavy atom. The average molecular weight is 430 g/mol. The van der Waals surface area contributed by atoms with Crippen LogP contribution in [-0.2, 0) is 12.8 Å². The molecule has 2 aliphatic rings. The third kappa shape index (κ3) is 2.53. The van der Waals surface area contributed by atoms with E-state index in [2.05, 4.69) is 44.0 Å². The van der Waals surface area contributed by atoms with Gasteiger partial charge in [-0.15, -0.1) is 11.3 Å². The maximum atomic E-state index is 5.70. The summed E-state index contributed by atoms with van der Waals surface area (Å²) in [4.78, 5) is 3.12. The lowest BCUT2D eigenvalue weighted by molar-refractivity contribution is 0.171. The monoisotopic (exact) mass is 428 g/mol. The molecule has 21 heavy (non-hydrogen) atoms. The van der Waals surface area contributed by atoms with E-state index in [9.17, 15) is 0 Å². The second-order valence-corrected chi connectivity index (χ2v) is 8.27. The first-order valence-corrected chi connectivity index (χ1v) is 9.59. The molecule has 0 saturated heterocycles. The van der Waals surface area contributed by atoms with Gasteiger partial charge in [0.15, 0.2) is 11.5 Å². The molecular formula is C16H14Br2O2S. The molecule has 1 unspecified atom stereocenters. The second-order valence-electron chi connectivity index (χ2n) is 5.33. The van der Waals surface area contributed by atoms with Crippen LogP contribution in [0, 0.1) is 0 Å². The molecule has 0 fully saturated rings. The van der Waals surface area contributed by atoms with Gasteiger partial charge in [-0.05, 0) is 48.6 Å². The van der Waals surface area contributed by atoms with Crippen molar-refractivity contribution in [1.82, 2.24) is 0 Å². The molecule has 4 rings (SSSR count). The summed E-state index contributed by atoms with van der Waals surface area (Å²) in [6.45, 7) is 1.24. The first kappa shape index (κ1) is 14.1. The molecule has 0 amide bonds. The molecule has 0 spiro atoms. The van der Waals surface area contributed by atoms with Gasteiger partial charge in [-0.3, -0.25) is 0 Å². The summed E-state index contributed by atoms with van der Waals surface area (Å²) in [6, 6.07) is 6.46. The first-order valence-electron chi connectivity index (χ1n) is 7.07. The fourth-order valence-electron chi connectivity index (χ4n) is 2.90. The predicted molar refractivity (Wildman–Crippen MR) is 92.2 cm³/mol. The third-order valence-corrected chi connectivity index (χ3v) is 7.23. The lowest BCUT2D eigenvalue weighted by Crippen LogP contribution is -2.15. The van der Waals surface area contributed by atoms with Crippen LogP contribution in [0.4, 0.5) is 0 Å². The highest BCUT2D eigenvalue weighted by Crippen LogP contribution is 2.45. The maximum Gasteiger partial charge on any atom is 0.162 e. The number of fused-ring (bicyclic) bond motifs is 2. The van der Waals surface area contributed by atoms with Gasteiger partial charge in [0.1, 0.15) is 13.2 Å². The van der Waals surface area contributed by atoms with Crippen molar-refractivity contribution in [2.75, 3.05) is 13.2 Å². The number of benzene rings is 1. The van der Waals surface area contributed by atoms with E-state index >= 15 is 0 Å². The van der Waals surface area contributed by atoms with E-state index in [0.717, 1.165) is 16.0 Å². The summed E-state index contributed by atoms with van der Waals surface area (Å²) in [5, 5.41) is 0. The number of hydrogen-bond donors (Lipinski definition) is 0. The van der Waals surface area contributed by atoms with Crippen molar-refractivity contribution >= 4 is 43.2 Å². The van der Waals surface area contributed by atoms with Crippen molar-refractivity contribution in [3.05, 3.63) is 43.6 Å². The van der Waals surface area contributed by atoms with Crippen LogP contribution in [0.5, 0.6) is 11.5 Å². The number of alkyl halides is 1. The SMILES string of the molecule is Brc1cc2c(cc1C(Br)c1cc3c(s1)CCC3)OCCO2. The molecule has 110 valence electrons. The zero-order chi connectivity index (χ0) is 14.4. The molecule has 2 heterocycles. The van der Waals surface area contributed by atoms with Crippen LogP contribution in [0.25, 0.3) is 0 Å². The summed E-state index contributed by atoms with van der Waals surface area (Å²) in [7, 11) is 0. The fourth-order valence-corrected chi connectivity index (χ4v) is 5.81. The lowest BCUT2D eigenvalue weighted by atomic mass is 10.1.